The van der Waals surface area contributed by atoms with E-state index in [1.54, 1.807) is 11.8 Å². The topological polar surface area (TPSA) is 51.2 Å². The van der Waals surface area contributed by atoms with Crippen molar-refractivity contribution < 1.29 is 9.53 Å². The van der Waals surface area contributed by atoms with E-state index in [0.717, 1.165) is 30.1 Å². The lowest BCUT2D eigenvalue weighted by Gasteiger charge is -2.08. The van der Waals surface area contributed by atoms with E-state index in [1.165, 1.54) is 12.7 Å². The highest BCUT2D eigenvalue weighted by molar-refractivity contribution is 7.99. The van der Waals surface area contributed by atoms with Gasteiger partial charge in [-0.15, -0.1) is 11.8 Å². The summed E-state index contributed by atoms with van der Waals surface area (Å²) in [4.78, 5) is 15.5. The number of aryl methyl sites for hydroxylation is 1. The van der Waals surface area contributed by atoms with Gasteiger partial charge in [-0.3, -0.25) is 4.79 Å². The third-order valence-electron chi connectivity index (χ3n) is 2.62. The van der Waals surface area contributed by atoms with Gasteiger partial charge in [0.25, 0.3) is 0 Å². The molecule has 0 unspecified atom stereocenters. The molecular formula is C14H22N2O2S. The lowest BCUT2D eigenvalue weighted by molar-refractivity contribution is -0.140. The molecule has 0 aliphatic heterocycles. The molecule has 0 saturated heterocycles. The summed E-state index contributed by atoms with van der Waals surface area (Å²) in [6.45, 7) is 6.08. The maximum atomic E-state index is 11.0. The fourth-order valence-electron chi connectivity index (χ4n) is 1.61. The number of nitrogens with zero attached hydrogens (tertiary/aromatic N) is 1. The predicted molar refractivity (Wildman–Crippen MR) is 78.3 cm³/mol. The summed E-state index contributed by atoms with van der Waals surface area (Å²) < 4.78 is 4.61. The largest absolute Gasteiger partial charge is 0.469 e. The average molecular weight is 282 g/mol. The fourth-order valence-corrected chi connectivity index (χ4v) is 2.49. The molecule has 106 valence electrons. The number of carbonyl (C=O) groups is 1. The zero-order chi connectivity index (χ0) is 14.1. The lowest BCUT2D eigenvalue weighted by atomic mass is 10.2. The Morgan fingerprint density at radius 2 is 2.32 bits per heavy atom. The normalized spacial score (nSPS) is 10.5. The van der Waals surface area contributed by atoms with Gasteiger partial charge in [-0.25, -0.2) is 4.98 Å². The van der Waals surface area contributed by atoms with Gasteiger partial charge in [0.05, 0.1) is 18.6 Å². The molecule has 0 aliphatic carbocycles. The zero-order valence-corrected chi connectivity index (χ0v) is 12.7. The lowest BCUT2D eigenvalue weighted by Crippen LogP contribution is -2.14. The molecule has 0 bridgehead atoms. The van der Waals surface area contributed by atoms with E-state index in [2.05, 4.69) is 35.0 Å². The van der Waals surface area contributed by atoms with Gasteiger partial charge < -0.3 is 10.1 Å². The van der Waals surface area contributed by atoms with Gasteiger partial charge in [-0.2, -0.15) is 0 Å². The van der Waals surface area contributed by atoms with Crippen molar-refractivity contribution in [3.05, 3.63) is 23.4 Å². The van der Waals surface area contributed by atoms with Crippen molar-refractivity contribution >= 4 is 17.7 Å². The summed E-state index contributed by atoms with van der Waals surface area (Å²) in [6.07, 6.45) is 3.45. The summed E-state index contributed by atoms with van der Waals surface area (Å²) in [5.74, 6) is 0.527. The van der Waals surface area contributed by atoms with Crippen molar-refractivity contribution in [1.29, 1.82) is 0 Å². The molecule has 5 heteroatoms. The number of thioether (sulfide) groups is 1. The van der Waals surface area contributed by atoms with Gasteiger partial charge in [0.1, 0.15) is 0 Å². The van der Waals surface area contributed by atoms with Crippen molar-refractivity contribution in [2.45, 2.75) is 38.3 Å². The predicted octanol–water partition coefficient (Wildman–Crippen LogP) is 2.54. The highest BCUT2D eigenvalue weighted by Gasteiger charge is 2.05. The van der Waals surface area contributed by atoms with Crippen molar-refractivity contribution in [2.75, 3.05) is 19.4 Å². The minimum Gasteiger partial charge on any atom is -0.469 e. The summed E-state index contributed by atoms with van der Waals surface area (Å²) in [5.41, 5.74) is 2.36. The maximum Gasteiger partial charge on any atom is 0.306 e. The second-order valence-corrected chi connectivity index (χ2v) is 5.40. The molecule has 0 aliphatic rings. The monoisotopic (exact) mass is 282 g/mol. The van der Waals surface area contributed by atoms with Gasteiger partial charge in [0, 0.05) is 18.5 Å². The van der Waals surface area contributed by atoms with Crippen LogP contribution in [-0.4, -0.2) is 30.4 Å². The molecule has 19 heavy (non-hydrogen) atoms. The Bertz CT molecular complexity index is 410. The third-order valence-corrected chi connectivity index (χ3v) is 3.72. The number of methoxy groups -OCH3 is 1. The third kappa shape index (κ3) is 6.07. The molecule has 0 atom stereocenters. The summed E-state index contributed by atoms with van der Waals surface area (Å²) >= 11 is 1.60. The van der Waals surface area contributed by atoms with Crippen molar-refractivity contribution in [3.63, 3.8) is 0 Å². The first-order valence-corrected chi connectivity index (χ1v) is 7.51. The maximum absolute atomic E-state index is 11.0. The second kappa shape index (κ2) is 8.93. The van der Waals surface area contributed by atoms with Crippen LogP contribution in [0.5, 0.6) is 0 Å². The van der Waals surface area contributed by atoms with Crippen molar-refractivity contribution in [3.8, 4) is 0 Å². The number of hydrogen-bond acceptors (Lipinski definition) is 5. The number of carbonyl (C=O) groups excluding carboxylic acids is 1. The van der Waals surface area contributed by atoms with Crippen LogP contribution in [0.15, 0.2) is 17.3 Å². The molecular weight excluding hydrogens is 260 g/mol. The van der Waals surface area contributed by atoms with E-state index in [9.17, 15) is 4.79 Å². The Labute approximate surface area is 119 Å². The standard InChI is InChI=1S/C14H22N2O2S/c1-4-6-15-9-12-8-11(2)14(16-10-12)19-7-5-13(17)18-3/h8,10,15H,4-7,9H2,1-3H3. The number of hydrogen-bond donors (Lipinski definition) is 1. The smallest absolute Gasteiger partial charge is 0.306 e. The summed E-state index contributed by atoms with van der Waals surface area (Å²) in [6, 6.07) is 2.15. The fraction of sp³-hybridized carbons (Fsp3) is 0.571. The van der Waals surface area contributed by atoms with Crippen LogP contribution in [0.1, 0.15) is 30.9 Å². The Morgan fingerprint density at radius 1 is 1.53 bits per heavy atom. The van der Waals surface area contributed by atoms with E-state index in [4.69, 9.17) is 0 Å². The van der Waals surface area contributed by atoms with Gasteiger partial charge in [-0.05, 0) is 31.0 Å². The minimum atomic E-state index is -0.175. The molecule has 0 aromatic carbocycles. The molecule has 1 rings (SSSR count). The molecule has 1 N–H and O–H groups in total. The number of pyridine rings is 1. The molecule has 1 aromatic rings. The minimum absolute atomic E-state index is 0.175. The van der Waals surface area contributed by atoms with Crippen LogP contribution in [0.3, 0.4) is 0 Å². The van der Waals surface area contributed by atoms with Crippen LogP contribution in [0, 0.1) is 6.92 Å². The van der Waals surface area contributed by atoms with Crippen LogP contribution >= 0.6 is 11.8 Å². The van der Waals surface area contributed by atoms with Crippen LogP contribution in [0.25, 0.3) is 0 Å². The molecule has 0 spiro atoms. The first-order valence-electron chi connectivity index (χ1n) is 6.53. The Balaban J connectivity index is 2.45. The van der Waals surface area contributed by atoms with Crippen LogP contribution < -0.4 is 5.32 Å². The van der Waals surface area contributed by atoms with Crippen LogP contribution in [0.4, 0.5) is 0 Å². The SMILES string of the molecule is CCCNCc1cnc(SCCC(=O)OC)c(C)c1. The first kappa shape index (κ1) is 16.0. The first-order chi connectivity index (χ1) is 9.17. The Hall–Kier alpha value is -1.07. The van der Waals surface area contributed by atoms with E-state index in [1.807, 2.05) is 6.20 Å². The molecule has 4 nitrogen and oxygen atoms in total. The molecule has 0 fully saturated rings. The highest BCUT2D eigenvalue weighted by atomic mass is 32.2. The van der Waals surface area contributed by atoms with Crippen LogP contribution in [0.2, 0.25) is 0 Å². The Kier molecular flexibility index (Phi) is 7.52. The molecule has 1 heterocycles. The van der Waals surface area contributed by atoms with Crippen molar-refractivity contribution in [2.24, 2.45) is 0 Å². The van der Waals surface area contributed by atoms with E-state index < -0.39 is 0 Å². The summed E-state index contributed by atoms with van der Waals surface area (Å²) in [5, 5.41) is 4.34. The number of esters is 1. The zero-order valence-electron chi connectivity index (χ0n) is 11.9. The van der Waals surface area contributed by atoms with E-state index in [-0.39, 0.29) is 5.97 Å². The molecule has 0 radical (unpaired) electrons. The number of aromatic nitrogens is 1. The molecule has 0 amide bonds. The Morgan fingerprint density at radius 3 is 2.95 bits per heavy atom. The number of ether oxygens (including phenoxy) is 1. The van der Waals surface area contributed by atoms with E-state index in [0.29, 0.717) is 12.2 Å². The van der Waals surface area contributed by atoms with Gasteiger partial charge >= 0.3 is 5.97 Å². The van der Waals surface area contributed by atoms with Crippen LogP contribution in [-0.2, 0) is 16.1 Å². The van der Waals surface area contributed by atoms with Crippen molar-refractivity contribution in [1.82, 2.24) is 10.3 Å². The summed E-state index contributed by atoms with van der Waals surface area (Å²) in [7, 11) is 1.41. The number of rotatable bonds is 8. The van der Waals surface area contributed by atoms with Gasteiger partial charge in [0.2, 0.25) is 0 Å². The number of nitrogens with one attached hydrogen (secondary N) is 1. The van der Waals surface area contributed by atoms with E-state index >= 15 is 0 Å². The van der Waals surface area contributed by atoms with Gasteiger partial charge in [0.15, 0.2) is 0 Å². The quantitative estimate of drug-likeness (QED) is 0.451. The highest BCUT2D eigenvalue weighted by Crippen LogP contribution is 2.21. The molecule has 1 aromatic heterocycles. The average Bonchev–Trinajstić information content (AvgIpc) is 2.41. The second-order valence-electron chi connectivity index (χ2n) is 4.32. The van der Waals surface area contributed by atoms with Gasteiger partial charge in [-0.1, -0.05) is 13.0 Å². The molecule has 0 saturated carbocycles.